The third kappa shape index (κ3) is 2.61. The van der Waals surface area contributed by atoms with Gasteiger partial charge in [-0.2, -0.15) is 0 Å². The van der Waals surface area contributed by atoms with E-state index in [1.165, 1.54) is 18.7 Å². The molecule has 0 aliphatic rings. The smallest absolute Gasteiger partial charge is 0.283 e. The van der Waals surface area contributed by atoms with Crippen molar-refractivity contribution in [3.63, 3.8) is 0 Å². The summed E-state index contributed by atoms with van der Waals surface area (Å²) in [6.45, 7) is 0. The standard InChI is InChI=1S/C3H2NO.C2HN2O/c1-2-5-3-4-1;1-2-4-5-3-1/h1-2H;1H. The Bertz CT molecular complexity index is 154. The predicted octanol–water partition coefficient (Wildman–Crippen LogP) is 0.345. The average Bonchev–Trinajstić information content (AvgIpc) is 2.67. The number of oxazole rings is 1. The SMILES string of the molecule is [c]1cnon1.[c]1ncco1. The van der Waals surface area contributed by atoms with Crippen LogP contribution < -0.4 is 0 Å². The monoisotopic (exact) mass is 137 g/mol. The van der Waals surface area contributed by atoms with Gasteiger partial charge in [-0.15, -0.1) is 0 Å². The zero-order valence-corrected chi connectivity index (χ0v) is 4.89. The summed E-state index contributed by atoms with van der Waals surface area (Å²) in [5.41, 5.74) is 0. The zero-order valence-electron chi connectivity index (χ0n) is 4.89. The number of hydrogen-bond acceptors (Lipinski definition) is 5. The van der Waals surface area contributed by atoms with Crippen LogP contribution in [0.25, 0.3) is 0 Å². The lowest BCUT2D eigenvalue weighted by Gasteiger charge is -1.44. The molecule has 2 aromatic rings. The first-order valence-electron chi connectivity index (χ1n) is 2.39. The second-order valence-corrected chi connectivity index (χ2v) is 1.16. The fourth-order valence-electron chi connectivity index (χ4n) is 0.270. The Balaban J connectivity index is 0.0000001000. The van der Waals surface area contributed by atoms with E-state index in [-0.39, 0.29) is 0 Å². The molecule has 0 saturated heterocycles. The van der Waals surface area contributed by atoms with Gasteiger partial charge in [0.1, 0.15) is 12.5 Å². The van der Waals surface area contributed by atoms with Gasteiger partial charge in [-0.3, -0.25) is 0 Å². The Morgan fingerprint density at radius 1 is 1.40 bits per heavy atom. The molecule has 5 heteroatoms. The summed E-state index contributed by atoms with van der Waals surface area (Å²) in [7, 11) is 0. The first-order valence-corrected chi connectivity index (χ1v) is 2.39. The van der Waals surface area contributed by atoms with Crippen LogP contribution in [0.2, 0.25) is 0 Å². The van der Waals surface area contributed by atoms with Crippen molar-refractivity contribution in [1.29, 1.82) is 0 Å². The molecule has 2 aromatic heterocycles. The molecule has 0 aromatic carbocycles. The van der Waals surface area contributed by atoms with Gasteiger partial charge in [0.2, 0.25) is 0 Å². The van der Waals surface area contributed by atoms with E-state index in [1.807, 2.05) is 0 Å². The fraction of sp³-hybridized carbons (Fsp3) is 0. The van der Waals surface area contributed by atoms with E-state index in [1.54, 1.807) is 0 Å². The summed E-state index contributed by atoms with van der Waals surface area (Å²) in [5, 5.41) is 6.29. The molecular formula is C5H3N3O2. The molecule has 2 heterocycles. The molecule has 0 amide bonds. The largest absolute Gasteiger partial charge is 0.441 e. The molecule has 0 fully saturated rings. The van der Waals surface area contributed by atoms with Crippen molar-refractivity contribution >= 4 is 0 Å². The van der Waals surface area contributed by atoms with Crippen LogP contribution in [0.15, 0.2) is 27.7 Å². The zero-order chi connectivity index (χ0) is 7.07. The maximum absolute atomic E-state index is 4.35. The van der Waals surface area contributed by atoms with Gasteiger partial charge in [0, 0.05) is 0 Å². The Hall–Kier alpha value is -1.65. The number of rotatable bonds is 0. The van der Waals surface area contributed by atoms with Crippen molar-refractivity contribution in [2.75, 3.05) is 0 Å². The van der Waals surface area contributed by atoms with Gasteiger partial charge in [-0.1, -0.05) is 5.16 Å². The molecule has 0 spiro atoms. The molecule has 0 unspecified atom stereocenters. The molecule has 0 bridgehead atoms. The van der Waals surface area contributed by atoms with Crippen LogP contribution >= 0.6 is 0 Å². The van der Waals surface area contributed by atoms with E-state index < -0.39 is 0 Å². The summed E-state index contributed by atoms with van der Waals surface area (Å²) in [5.74, 6) is 0. The van der Waals surface area contributed by atoms with Crippen LogP contribution in [-0.4, -0.2) is 15.3 Å². The summed E-state index contributed by atoms with van der Waals surface area (Å²) in [4.78, 5) is 3.43. The van der Waals surface area contributed by atoms with E-state index in [4.69, 9.17) is 0 Å². The van der Waals surface area contributed by atoms with Gasteiger partial charge in [0.05, 0.1) is 6.20 Å². The van der Waals surface area contributed by atoms with Crippen molar-refractivity contribution in [2.24, 2.45) is 0 Å². The molecule has 2 rings (SSSR count). The van der Waals surface area contributed by atoms with Crippen LogP contribution in [0, 0.1) is 12.6 Å². The second kappa shape index (κ2) is 4.25. The molecule has 0 N–H and O–H groups in total. The van der Waals surface area contributed by atoms with Crippen LogP contribution in [0.3, 0.4) is 0 Å². The fourth-order valence-corrected chi connectivity index (χ4v) is 0.270. The van der Waals surface area contributed by atoms with Crippen molar-refractivity contribution in [2.45, 2.75) is 0 Å². The van der Waals surface area contributed by atoms with E-state index in [0.29, 0.717) is 0 Å². The van der Waals surface area contributed by atoms with E-state index in [2.05, 4.69) is 36.9 Å². The molecule has 0 aliphatic heterocycles. The highest BCUT2D eigenvalue weighted by Crippen LogP contribution is 1.70. The molecule has 2 radical (unpaired) electrons. The third-order valence-corrected chi connectivity index (χ3v) is 0.560. The van der Waals surface area contributed by atoms with E-state index in [9.17, 15) is 0 Å². The molecule has 5 nitrogen and oxygen atoms in total. The minimum Gasteiger partial charge on any atom is -0.441 e. The number of nitrogens with zero attached hydrogens (tertiary/aromatic N) is 3. The first kappa shape index (κ1) is 6.47. The lowest BCUT2D eigenvalue weighted by atomic mass is 11.0. The van der Waals surface area contributed by atoms with Gasteiger partial charge in [-0.05, 0) is 5.16 Å². The highest BCUT2D eigenvalue weighted by Gasteiger charge is 1.63. The predicted molar refractivity (Wildman–Crippen MR) is 28.5 cm³/mol. The lowest BCUT2D eigenvalue weighted by molar-refractivity contribution is 0.306. The molecule has 50 valence electrons. The summed E-state index contributed by atoms with van der Waals surface area (Å²) in [6, 6.07) is 0. The molecule has 0 aliphatic carbocycles. The summed E-state index contributed by atoms with van der Waals surface area (Å²) in [6.07, 6.45) is 8.90. The van der Waals surface area contributed by atoms with Crippen molar-refractivity contribution in [1.82, 2.24) is 15.3 Å². The van der Waals surface area contributed by atoms with Gasteiger partial charge < -0.3 is 4.42 Å². The van der Waals surface area contributed by atoms with Gasteiger partial charge >= 0.3 is 0 Å². The number of aromatic nitrogens is 3. The van der Waals surface area contributed by atoms with Gasteiger partial charge in [0.25, 0.3) is 6.39 Å². The molecule has 0 saturated carbocycles. The summed E-state index contributed by atoms with van der Waals surface area (Å²) < 4.78 is 8.38. The minimum absolute atomic E-state index is 1.35. The molecular weight excluding hydrogens is 134 g/mol. The van der Waals surface area contributed by atoms with Gasteiger partial charge in [0.15, 0.2) is 6.20 Å². The first-order chi connectivity index (χ1) is 5.00. The van der Waals surface area contributed by atoms with Crippen LogP contribution in [-0.2, 0) is 0 Å². The van der Waals surface area contributed by atoms with Crippen LogP contribution in [0.4, 0.5) is 0 Å². The van der Waals surface area contributed by atoms with Crippen LogP contribution in [0.5, 0.6) is 0 Å². The topological polar surface area (TPSA) is 65.0 Å². The number of hydrogen-bond donors (Lipinski definition) is 0. The maximum atomic E-state index is 4.35. The van der Waals surface area contributed by atoms with Crippen molar-refractivity contribution < 1.29 is 9.05 Å². The lowest BCUT2D eigenvalue weighted by Crippen LogP contribution is -1.44. The third-order valence-electron chi connectivity index (χ3n) is 0.560. The molecule has 10 heavy (non-hydrogen) atoms. The maximum Gasteiger partial charge on any atom is 0.283 e. The average molecular weight is 137 g/mol. The van der Waals surface area contributed by atoms with Crippen LogP contribution in [0.1, 0.15) is 0 Å². The van der Waals surface area contributed by atoms with Gasteiger partial charge in [-0.25, -0.2) is 9.61 Å². The normalized spacial score (nSPS) is 8.00. The Morgan fingerprint density at radius 3 is 2.60 bits per heavy atom. The Kier molecular flexibility index (Phi) is 2.75. The van der Waals surface area contributed by atoms with Crippen molar-refractivity contribution in [3.8, 4) is 0 Å². The highest BCUT2D eigenvalue weighted by atomic mass is 16.6. The quantitative estimate of drug-likeness (QED) is 0.524. The van der Waals surface area contributed by atoms with E-state index >= 15 is 0 Å². The Labute approximate surface area is 56.6 Å². The Morgan fingerprint density at radius 2 is 2.40 bits per heavy atom. The summed E-state index contributed by atoms with van der Waals surface area (Å²) >= 11 is 0. The minimum atomic E-state index is 1.35. The van der Waals surface area contributed by atoms with E-state index in [0.717, 1.165) is 0 Å². The molecule has 0 atom stereocenters. The van der Waals surface area contributed by atoms with Crippen molar-refractivity contribution in [3.05, 3.63) is 31.2 Å². The second-order valence-electron chi connectivity index (χ2n) is 1.16. The highest BCUT2D eigenvalue weighted by molar-refractivity contribution is 4.55.